The average molecular weight is 287 g/mol. The van der Waals surface area contributed by atoms with E-state index in [0.717, 1.165) is 10.2 Å². The molecular formula is C10H8BrFN2S. The topological polar surface area (TPSA) is 24.9 Å². The Morgan fingerprint density at radius 3 is 3.00 bits per heavy atom. The van der Waals surface area contributed by atoms with E-state index in [1.165, 1.54) is 17.1 Å². The fourth-order valence-electron chi connectivity index (χ4n) is 1.15. The normalized spacial score (nSPS) is 10.3. The molecule has 0 atom stereocenters. The van der Waals surface area contributed by atoms with Crippen LogP contribution in [-0.2, 0) is 6.54 Å². The van der Waals surface area contributed by atoms with Gasteiger partial charge < -0.3 is 5.32 Å². The summed E-state index contributed by atoms with van der Waals surface area (Å²) >= 11 is 5.04. The van der Waals surface area contributed by atoms with E-state index in [1.54, 1.807) is 17.4 Å². The van der Waals surface area contributed by atoms with Crippen molar-refractivity contribution in [3.63, 3.8) is 0 Å². The molecule has 0 radical (unpaired) electrons. The Morgan fingerprint density at radius 1 is 1.47 bits per heavy atom. The fraction of sp³-hybridized carbons (Fsp3) is 0.100. The first-order valence-corrected chi connectivity index (χ1v) is 5.99. The van der Waals surface area contributed by atoms with E-state index in [1.807, 2.05) is 11.4 Å². The van der Waals surface area contributed by atoms with Crippen LogP contribution in [0.4, 0.5) is 10.1 Å². The van der Waals surface area contributed by atoms with Crippen LogP contribution < -0.4 is 5.32 Å². The van der Waals surface area contributed by atoms with Gasteiger partial charge in [-0.25, -0.2) is 4.98 Å². The fourth-order valence-corrected chi connectivity index (χ4v) is 2.54. The van der Waals surface area contributed by atoms with Crippen molar-refractivity contribution >= 4 is 33.0 Å². The molecule has 0 saturated heterocycles. The summed E-state index contributed by atoms with van der Waals surface area (Å²) in [6.07, 6.45) is 1.45. The molecular weight excluding hydrogens is 279 g/mol. The highest BCUT2D eigenvalue weighted by molar-refractivity contribution is 9.10. The first-order chi connectivity index (χ1) is 7.24. The highest BCUT2D eigenvalue weighted by Crippen LogP contribution is 2.20. The quantitative estimate of drug-likeness (QED) is 0.871. The summed E-state index contributed by atoms with van der Waals surface area (Å²) < 4.78 is 13.8. The number of nitrogens with one attached hydrogen (secondary N) is 1. The Bertz CT molecular complexity index is 458. The predicted octanol–water partition coefficient (Wildman–Crippen LogP) is 3.66. The molecule has 2 aromatic heterocycles. The lowest BCUT2D eigenvalue weighted by atomic mass is 10.4. The molecule has 2 nitrogen and oxygen atoms in total. The predicted molar refractivity (Wildman–Crippen MR) is 63.5 cm³/mol. The highest BCUT2D eigenvalue weighted by Gasteiger charge is 1.98. The molecule has 2 heterocycles. The monoisotopic (exact) mass is 286 g/mol. The number of hydrogen-bond donors (Lipinski definition) is 1. The Morgan fingerprint density at radius 2 is 2.33 bits per heavy atom. The maximum absolute atomic E-state index is 12.7. The minimum absolute atomic E-state index is 0.465. The molecule has 2 aromatic rings. The number of anilines is 1. The van der Waals surface area contributed by atoms with Gasteiger partial charge in [-0.15, -0.1) is 11.3 Å². The van der Waals surface area contributed by atoms with Crippen molar-refractivity contribution in [3.8, 4) is 0 Å². The molecule has 15 heavy (non-hydrogen) atoms. The van der Waals surface area contributed by atoms with E-state index >= 15 is 0 Å². The molecule has 0 saturated carbocycles. The molecule has 0 aliphatic carbocycles. The van der Waals surface area contributed by atoms with E-state index in [0.29, 0.717) is 6.54 Å². The zero-order chi connectivity index (χ0) is 10.7. The second-order valence-corrected chi connectivity index (χ2v) is 4.86. The van der Waals surface area contributed by atoms with E-state index in [-0.39, 0.29) is 0 Å². The number of rotatable bonds is 3. The summed E-state index contributed by atoms with van der Waals surface area (Å²) in [4.78, 5) is 4.68. The third-order valence-electron chi connectivity index (χ3n) is 1.82. The minimum atomic E-state index is -0.465. The van der Waals surface area contributed by atoms with Gasteiger partial charge in [-0.3, -0.25) is 0 Å². The Balaban J connectivity index is 1.99. The van der Waals surface area contributed by atoms with Crippen LogP contribution in [0.15, 0.2) is 34.2 Å². The number of nitrogens with zero attached hydrogens (tertiary/aromatic N) is 1. The summed E-state index contributed by atoms with van der Waals surface area (Å²) in [5, 5.41) is 5.14. The van der Waals surface area contributed by atoms with Gasteiger partial charge in [0.05, 0.1) is 0 Å². The lowest BCUT2D eigenvalue weighted by Gasteiger charge is -2.03. The molecule has 0 aromatic carbocycles. The van der Waals surface area contributed by atoms with Gasteiger partial charge in [0.15, 0.2) is 0 Å². The van der Waals surface area contributed by atoms with Crippen molar-refractivity contribution in [1.82, 2.24) is 4.98 Å². The van der Waals surface area contributed by atoms with Crippen molar-refractivity contribution < 1.29 is 4.39 Å². The van der Waals surface area contributed by atoms with Gasteiger partial charge in [0, 0.05) is 39.2 Å². The highest BCUT2D eigenvalue weighted by atomic mass is 79.9. The van der Waals surface area contributed by atoms with Gasteiger partial charge in [-0.05, 0) is 28.1 Å². The zero-order valence-corrected chi connectivity index (χ0v) is 10.1. The molecule has 0 spiro atoms. The maximum Gasteiger partial charge on any atom is 0.214 e. The lowest BCUT2D eigenvalue weighted by molar-refractivity contribution is 0.584. The number of aromatic nitrogens is 1. The van der Waals surface area contributed by atoms with Crippen LogP contribution in [0.1, 0.15) is 4.88 Å². The van der Waals surface area contributed by atoms with E-state index in [9.17, 15) is 4.39 Å². The van der Waals surface area contributed by atoms with Gasteiger partial charge in [0.2, 0.25) is 5.95 Å². The molecule has 0 aliphatic heterocycles. The average Bonchev–Trinajstić information content (AvgIpc) is 2.62. The molecule has 0 bridgehead atoms. The lowest BCUT2D eigenvalue weighted by Crippen LogP contribution is -1.98. The first-order valence-electron chi connectivity index (χ1n) is 4.32. The van der Waals surface area contributed by atoms with Crippen molar-refractivity contribution in [2.24, 2.45) is 0 Å². The third-order valence-corrected chi connectivity index (χ3v) is 3.51. The van der Waals surface area contributed by atoms with Crippen LogP contribution in [-0.4, -0.2) is 4.98 Å². The van der Waals surface area contributed by atoms with Crippen LogP contribution in [0.2, 0.25) is 0 Å². The van der Waals surface area contributed by atoms with Gasteiger partial charge >= 0.3 is 0 Å². The minimum Gasteiger partial charge on any atom is -0.380 e. The van der Waals surface area contributed by atoms with Crippen molar-refractivity contribution in [3.05, 3.63) is 45.1 Å². The molecule has 5 heteroatoms. The number of pyridine rings is 1. The molecule has 0 unspecified atom stereocenters. The molecule has 0 amide bonds. The first kappa shape index (κ1) is 10.6. The summed E-state index contributed by atoms with van der Waals surface area (Å²) in [7, 11) is 0. The summed E-state index contributed by atoms with van der Waals surface area (Å²) in [5.41, 5.74) is 0.743. The van der Waals surface area contributed by atoms with Crippen molar-refractivity contribution in [1.29, 1.82) is 0 Å². The second-order valence-electron chi connectivity index (χ2n) is 2.95. The maximum atomic E-state index is 12.7. The van der Waals surface area contributed by atoms with E-state index in [4.69, 9.17) is 0 Å². The van der Waals surface area contributed by atoms with Crippen LogP contribution in [0.3, 0.4) is 0 Å². The number of halogens is 2. The number of hydrogen-bond acceptors (Lipinski definition) is 3. The Kier molecular flexibility index (Phi) is 3.33. The third kappa shape index (κ3) is 3.00. The molecule has 78 valence electrons. The molecule has 0 fully saturated rings. The van der Waals surface area contributed by atoms with Gasteiger partial charge in [0.1, 0.15) is 0 Å². The smallest absolute Gasteiger partial charge is 0.214 e. The Labute approximate surface area is 99.3 Å². The second kappa shape index (κ2) is 4.72. The van der Waals surface area contributed by atoms with Gasteiger partial charge in [-0.2, -0.15) is 4.39 Å². The molecule has 0 aliphatic rings. The van der Waals surface area contributed by atoms with Crippen LogP contribution >= 0.6 is 27.3 Å². The van der Waals surface area contributed by atoms with Crippen LogP contribution in [0, 0.1) is 5.95 Å². The van der Waals surface area contributed by atoms with Crippen LogP contribution in [0.5, 0.6) is 0 Å². The Hall–Kier alpha value is -0.940. The standard InChI is InChI=1S/C10H8BrFN2S/c11-7-3-9(15-6-7)5-14-8-1-2-13-10(12)4-8/h1-4,6H,5H2,(H,13,14). The molecule has 1 N–H and O–H groups in total. The summed E-state index contributed by atoms with van der Waals surface area (Å²) in [6.45, 7) is 0.694. The van der Waals surface area contributed by atoms with Gasteiger partial charge in [-0.1, -0.05) is 0 Å². The van der Waals surface area contributed by atoms with Gasteiger partial charge in [0.25, 0.3) is 0 Å². The van der Waals surface area contributed by atoms with E-state index in [2.05, 4.69) is 26.2 Å². The summed E-state index contributed by atoms with van der Waals surface area (Å²) in [5.74, 6) is -0.465. The zero-order valence-electron chi connectivity index (χ0n) is 7.71. The van der Waals surface area contributed by atoms with Crippen molar-refractivity contribution in [2.75, 3.05) is 5.32 Å². The van der Waals surface area contributed by atoms with Crippen LogP contribution in [0.25, 0.3) is 0 Å². The number of thiophene rings is 1. The van der Waals surface area contributed by atoms with Crippen molar-refractivity contribution in [2.45, 2.75) is 6.54 Å². The summed E-state index contributed by atoms with van der Waals surface area (Å²) in [6, 6.07) is 5.16. The largest absolute Gasteiger partial charge is 0.380 e. The SMILES string of the molecule is Fc1cc(NCc2cc(Br)cs2)ccn1. The molecule has 2 rings (SSSR count). The van der Waals surface area contributed by atoms with E-state index < -0.39 is 5.95 Å².